The molecule has 3 aromatic rings. The van der Waals surface area contributed by atoms with Gasteiger partial charge in [-0.3, -0.25) is 10.1 Å². The average molecular weight is 431 g/mol. The predicted molar refractivity (Wildman–Crippen MR) is 108 cm³/mol. The van der Waals surface area contributed by atoms with E-state index in [0.717, 1.165) is 0 Å². The molecule has 0 spiro atoms. The van der Waals surface area contributed by atoms with Gasteiger partial charge < -0.3 is 19.5 Å². The van der Waals surface area contributed by atoms with Crippen LogP contribution in [0.4, 0.5) is 17.3 Å². The number of carbonyl (C=O) groups is 1. The molecule has 0 atom stereocenters. The van der Waals surface area contributed by atoms with Gasteiger partial charge in [-0.15, -0.1) is 0 Å². The maximum atomic E-state index is 12.7. The molecular weight excluding hydrogens is 416 g/mol. The highest BCUT2D eigenvalue weighted by molar-refractivity contribution is 6.34. The molecule has 3 rings (SSSR count). The molecule has 10 nitrogen and oxygen atoms in total. The summed E-state index contributed by atoms with van der Waals surface area (Å²) in [5, 5.41) is 13.8. The number of halogens is 1. The third-order valence-corrected chi connectivity index (χ3v) is 4.13. The molecule has 1 aromatic heterocycles. The number of carbonyl (C=O) groups excluding carboxylic acids is 1. The van der Waals surface area contributed by atoms with Crippen molar-refractivity contribution in [2.24, 2.45) is 0 Å². The van der Waals surface area contributed by atoms with Gasteiger partial charge in [-0.1, -0.05) is 17.7 Å². The van der Waals surface area contributed by atoms with Crippen LogP contribution in [-0.4, -0.2) is 35.1 Å². The Hall–Kier alpha value is -3.92. The summed E-state index contributed by atoms with van der Waals surface area (Å²) in [6.07, 6.45) is 0. The fourth-order valence-electron chi connectivity index (χ4n) is 2.42. The van der Waals surface area contributed by atoms with Crippen molar-refractivity contribution in [2.75, 3.05) is 19.5 Å². The Morgan fingerprint density at radius 2 is 1.70 bits per heavy atom. The number of nitro groups is 1. The molecule has 0 aliphatic carbocycles. The molecule has 0 fully saturated rings. The maximum Gasteiger partial charge on any atom is 0.347 e. The minimum Gasteiger partial charge on any atom is -0.481 e. The van der Waals surface area contributed by atoms with Crippen molar-refractivity contribution in [2.45, 2.75) is 0 Å². The van der Waals surface area contributed by atoms with Crippen molar-refractivity contribution < 1.29 is 23.9 Å². The van der Waals surface area contributed by atoms with Crippen LogP contribution in [0.5, 0.6) is 17.5 Å². The zero-order chi connectivity index (χ0) is 21.7. The minimum absolute atomic E-state index is 0.0305. The van der Waals surface area contributed by atoms with E-state index in [9.17, 15) is 14.9 Å². The third kappa shape index (κ3) is 4.73. The van der Waals surface area contributed by atoms with E-state index in [1.807, 2.05) is 0 Å². The zero-order valence-corrected chi connectivity index (χ0v) is 16.5. The molecule has 0 saturated heterocycles. The summed E-state index contributed by atoms with van der Waals surface area (Å²) in [5.74, 6) is -0.0387. The number of anilines is 2. The molecule has 0 unspecified atom stereocenters. The molecule has 0 bridgehead atoms. The van der Waals surface area contributed by atoms with Crippen LogP contribution < -0.4 is 19.5 Å². The Labute approximate surface area is 175 Å². The second-order valence-corrected chi connectivity index (χ2v) is 6.11. The van der Waals surface area contributed by atoms with Crippen molar-refractivity contribution >= 4 is 34.9 Å². The van der Waals surface area contributed by atoms with Gasteiger partial charge in [0, 0.05) is 12.1 Å². The standard InChI is InChI=1S/C19H15ClN4O6/c1-28-15-10-16(29-2)23-19(22-15)21-14-5-3-4-13(20)17(14)18(25)30-12-8-6-11(7-9-12)24(26)27/h3-10H,1-2H3,(H,21,22,23). The predicted octanol–water partition coefficient (Wildman–Crippen LogP) is 4.02. The minimum atomic E-state index is -0.771. The first-order valence-electron chi connectivity index (χ1n) is 8.40. The fourth-order valence-corrected chi connectivity index (χ4v) is 2.67. The molecule has 1 N–H and O–H groups in total. The lowest BCUT2D eigenvalue weighted by atomic mass is 10.1. The van der Waals surface area contributed by atoms with Crippen molar-refractivity contribution in [3.8, 4) is 17.5 Å². The van der Waals surface area contributed by atoms with Crippen LogP contribution in [0.2, 0.25) is 5.02 Å². The number of esters is 1. The summed E-state index contributed by atoms with van der Waals surface area (Å²) in [7, 11) is 2.88. The number of nitro benzene ring substituents is 1. The highest BCUT2D eigenvalue weighted by atomic mass is 35.5. The van der Waals surface area contributed by atoms with Gasteiger partial charge in [0.2, 0.25) is 17.7 Å². The SMILES string of the molecule is COc1cc(OC)nc(Nc2cccc(Cl)c2C(=O)Oc2ccc([N+](=O)[O-])cc2)n1. The summed E-state index contributed by atoms with van der Waals surface area (Å²) in [6, 6.07) is 11.3. The van der Waals surface area contributed by atoms with Crippen LogP contribution in [-0.2, 0) is 0 Å². The molecule has 0 saturated carbocycles. The van der Waals surface area contributed by atoms with E-state index < -0.39 is 10.9 Å². The summed E-state index contributed by atoms with van der Waals surface area (Å²) in [4.78, 5) is 31.2. The number of hydrogen-bond acceptors (Lipinski definition) is 9. The van der Waals surface area contributed by atoms with Gasteiger partial charge in [-0.2, -0.15) is 9.97 Å². The van der Waals surface area contributed by atoms with Crippen molar-refractivity contribution in [3.63, 3.8) is 0 Å². The van der Waals surface area contributed by atoms with Gasteiger partial charge in [0.15, 0.2) is 0 Å². The lowest BCUT2D eigenvalue weighted by Gasteiger charge is -2.13. The largest absolute Gasteiger partial charge is 0.481 e. The molecular formula is C19H15ClN4O6. The molecule has 30 heavy (non-hydrogen) atoms. The summed E-state index contributed by atoms with van der Waals surface area (Å²) < 4.78 is 15.5. The number of hydrogen-bond donors (Lipinski definition) is 1. The monoisotopic (exact) mass is 430 g/mol. The van der Waals surface area contributed by atoms with E-state index in [1.165, 1.54) is 50.6 Å². The summed E-state index contributed by atoms with van der Waals surface area (Å²) in [6.45, 7) is 0. The number of methoxy groups -OCH3 is 2. The molecule has 2 aromatic carbocycles. The van der Waals surface area contributed by atoms with Crippen LogP contribution in [0.1, 0.15) is 10.4 Å². The smallest absolute Gasteiger partial charge is 0.347 e. The molecule has 0 aliphatic heterocycles. The van der Waals surface area contributed by atoms with E-state index in [0.29, 0.717) is 0 Å². The van der Waals surface area contributed by atoms with Gasteiger partial charge in [-0.05, 0) is 24.3 Å². The van der Waals surface area contributed by atoms with Gasteiger partial charge in [0.05, 0.1) is 35.9 Å². The molecule has 11 heteroatoms. The first-order chi connectivity index (χ1) is 14.4. The zero-order valence-electron chi connectivity index (χ0n) is 15.8. The van der Waals surface area contributed by atoms with Gasteiger partial charge in [0.25, 0.3) is 5.69 Å². The van der Waals surface area contributed by atoms with Crippen molar-refractivity contribution in [3.05, 3.63) is 69.2 Å². The Morgan fingerprint density at radius 3 is 2.27 bits per heavy atom. The van der Waals surface area contributed by atoms with Crippen LogP contribution >= 0.6 is 11.6 Å². The Kier molecular flexibility index (Phi) is 6.28. The first-order valence-corrected chi connectivity index (χ1v) is 8.78. The van der Waals surface area contributed by atoms with Crippen LogP contribution in [0.25, 0.3) is 0 Å². The lowest BCUT2D eigenvalue weighted by molar-refractivity contribution is -0.384. The van der Waals surface area contributed by atoms with Crippen molar-refractivity contribution in [1.82, 2.24) is 9.97 Å². The van der Waals surface area contributed by atoms with Crippen LogP contribution in [0, 0.1) is 10.1 Å². The van der Waals surface area contributed by atoms with Gasteiger partial charge in [-0.25, -0.2) is 4.79 Å². The number of non-ortho nitro benzene ring substituents is 1. The molecule has 1 heterocycles. The van der Waals surface area contributed by atoms with E-state index in [1.54, 1.807) is 12.1 Å². The number of aromatic nitrogens is 2. The Bertz CT molecular complexity index is 1070. The quantitative estimate of drug-likeness (QED) is 0.256. The van der Waals surface area contributed by atoms with E-state index >= 15 is 0 Å². The van der Waals surface area contributed by atoms with E-state index in [4.69, 9.17) is 25.8 Å². The fraction of sp³-hybridized carbons (Fsp3) is 0.105. The lowest BCUT2D eigenvalue weighted by Crippen LogP contribution is -2.12. The number of nitrogens with one attached hydrogen (secondary N) is 1. The Morgan fingerprint density at radius 1 is 1.07 bits per heavy atom. The van der Waals surface area contributed by atoms with Crippen LogP contribution in [0.3, 0.4) is 0 Å². The summed E-state index contributed by atoms with van der Waals surface area (Å²) in [5.41, 5.74) is 0.187. The normalized spacial score (nSPS) is 10.2. The molecule has 0 amide bonds. The topological polar surface area (TPSA) is 126 Å². The maximum absolute atomic E-state index is 12.7. The molecule has 0 radical (unpaired) electrons. The van der Waals surface area contributed by atoms with Crippen LogP contribution in [0.15, 0.2) is 48.5 Å². The van der Waals surface area contributed by atoms with Gasteiger partial charge >= 0.3 is 5.97 Å². The highest BCUT2D eigenvalue weighted by Crippen LogP contribution is 2.29. The second kappa shape index (κ2) is 9.05. The first kappa shape index (κ1) is 20.8. The van der Waals surface area contributed by atoms with E-state index in [2.05, 4.69) is 15.3 Å². The number of nitrogens with zero attached hydrogens (tertiary/aromatic N) is 3. The second-order valence-electron chi connectivity index (χ2n) is 5.70. The molecule has 0 aliphatic rings. The highest BCUT2D eigenvalue weighted by Gasteiger charge is 2.20. The van der Waals surface area contributed by atoms with E-state index in [-0.39, 0.29) is 45.4 Å². The Balaban J connectivity index is 1.89. The molecule has 154 valence electrons. The number of rotatable bonds is 7. The van der Waals surface area contributed by atoms with Crippen molar-refractivity contribution in [1.29, 1.82) is 0 Å². The average Bonchev–Trinajstić information content (AvgIpc) is 2.73. The van der Waals surface area contributed by atoms with Gasteiger partial charge in [0.1, 0.15) is 11.3 Å². The number of ether oxygens (including phenoxy) is 3. The summed E-state index contributed by atoms with van der Waals surface area (Å²) >= 11 is 6.22. The number of benzene rings is 2. The third-order valence-electron chi connectivity index (χ3n) is 3.82.